The summed E-state index contributed by atoms with van der Waals surface area (Å²) in [7, 11) is -3.42. The SMILES string of the molecule is CCCC(=O)Nc1ccc(S(=O)(=O)N2CCCCCC2)cc1. The van der Waals surface area contributed by atoms with Gasteiger partial charge < -0.3 is 5.32 Å². The molecule has 0 spiro atoms. The standard InChI is InChI=1S/C16H24N2O3S/c1-2-7-16(19)17-14-8-10-15(11-9-14)22(20,21)18-12-5-3-4-6-13-18/h8-11H,2-7,12-13H2,1H3,(H,17,19). The highest BCUT2D eigenvalue weighted by Gasteiger charge is 2.24. The lowest BCUT2D eigenvalue weighted by molar-refractivity contribution is -0.116. The second-order valence-electron chi connectivity index (χ2n) is 5.64. The van der Waals surface area contributed by atoms with Crippen LogP contribution in [-0.4, -0.2) is 31.7 Å². The van der Waals surface area contributed by atoms with Crippen molar-refractivity contribution in [3.05, 3.63) is 24.3 Å². The highest BCUT2D eigenvalue weighted by molar-refractivity contribution is 7.89. The van der Waals surface area contributed by atoms with E-state index in [0.717, 1.165) is 32.1 Å². The van der Waals surface area contributed by atoms with E-state index >= 15 is 0 Å². The lowest BCUT2D eigenvalue weighted by atomic mass is 10.2. The number of carbonyl (C=O) groups excluding carboxylic acids is 1. The van der Waals surface area contributed by atoms with Crippen molar-refractivity contribution in [2.45, 2.75) is 50.3 Å². The molecular weight excluding hydrogens is 300 g/mol. The Kier molecular flexibility index (Phi) is 5.97. The molecule has 0 atom stereocenters. The topological polar surface area (TPSA) is 66.5 Å². The Hall–Kier alpha value is -1.40. The largest absolute Gasteiger partial charge is 0.326 e. The fourth-order valence-corrected chi connectivity index (χ4v) is 4.11. The average Bonchev–Trinajstić information content (AvgIpc) is 2.77. The van der Waals surface area contributed by atoms with Crippen LogP contribution in [0.1, 0.15) is 45.4 Å². The number of nitrogens with zero attached hydrogens (tertiary/aromatic N) is 1. The van der Waals surface area contributed by atoms with Gasteiger partial charge in [0, 0.05) is 25.2 Å². The van der Waals surface area contributed by atoms with E-state index in [1.165, 1.54) is 0 Å². The van der Waals surface area contributed by atoms with E-state index in [4.69, 9.17) is 0 Å². The average molecular weight is 324 g/mol. The zero-order valence-electron chi connectivity index (χ0n) is 13.0. The Bertz CT molecular complexity index is 588. The van der Waals surface area contributed by atoms with Crippen molar-refractivity contribution in [1.82, 2.24) is 4.31 Å². The van der Waals surface area contributed by atoms with Crippen LogP contribution in [0.15, 0.2) is 29.2 Å². The summed E-state index contributed by atoms with van der Waals surface area (Å²) in [6, 6.07) is 6.44. The quantitative estimate of drug-likeness (QED) is 0.905. The number of nitrogens with one attached hydrogen (secondary N) is 1. The fraction of sp³-hybridized carbons (Fsp3) is 0.562. The molecule has 5 nitrogen and oxygen atoms in total. The summed E-state index contributed by atoms with van der Waals surface area (Å²) < 4.78 is 26.8. The van der Waals surface area contributed by atoms with Gasteiger partial charge in [-0.05, 0) is 43.5 Å². The van der Waals surface area contributed by atoms with Gasteiger partial charge in [0.2, 0.25) is 15.9 Å². The molecule has 0 bridgehead atoms. The van der Waals surface area contributed by atoms with Crippen LogP contribution in [0.5, 0.6) is 0 Å². The monoisotopic (exact) mass is 324 g/mol. The number of benzene rings is 1. The highest BCUT2D eigenvalue weighted by atomic mass is 32.2. The van der Waals surface area contributed by atoms with E-state index < -0.39 is 10.0 Å². The minimum absolute atomic E-state index is 0.0503. The van der Waals surface area contributed by atoms with Crippen LogP contribution in [0.3, 0.4) is 0 Å². The van der Waals surface area contributed by atoms with Crippen molar-refractivity contribution in [2.24, 2.45) is 0 Å². The van der Waals surface area contributed by atoms with Gasteiger partial charge in [-0.25, -0.2) is 8.42 Å². The molecule has 122 valence electrons. The van der Waals surface area contributed by atoms with Crippen molar-refractivity contribution in [1.29, 1.82) is 0 Å². The van der Waals surface area contributed by atoms with E-state index in [1.54, 1.807) is 28.6 Å². The first-order valence-corrected chi connectivity index (χ1v) is 9.38. The lowest BCUT2D eigenvalue weighted by Gasteiger charge is -2.20. The van der Waals surface area contributed by atoms with Crippen LogP contribution < -0.4 is 5.32 Å². The molecule has 1 fully saturated rings. The zero-order valence-corrected chi connectivity index (χ0v) is 13.9. The predicted molar refractivity (Wildman–Crippen MR) is 87.2 cm³/mol. The molecule has 2 rings (SSSR count). The second-order valence-corrected chi connectivity index (χ2v) is 7.58. The molecule has 0 unspecified atom stereocenters. The molecule has 1 amide bonds. The Morgan fingerprint density at radius 2 is 1.68 bits per heavy atom. The molecule has 1 aromatic carbocycles. The summed E-state index contributed by atoms with van der Waals surface area (Å²) in [5.41, 5.74) is 0.633. The Labute approximate surface area is 132 Å². The third kappa shape index (κ3) is 4.30. The van der Waals surface area contributed by atoms with Gasteiger partial charge in [0.05, 0.1) is 4.90 Å². The number of sulfonamides is 1. The summed E-state index contributed by atoms with van der Waals surface area (Å²) in [6.45, 7) is 3.13. The van der Waals surface area contributed by atoms with E-state index in [1.807, 2.05) is 6.92 Å². The van der Waals surface area contributed by atoms with Gasteiger partial charge in [-0.2, -0.15) is 4.31 Å². The van der Waals surface area contributed by atoms with Gasteiger partial charge in [0.25, 0.3) is 0 Å². The number of amides is 1. The second kappa shape index (κ2) is 7.74. The van der Waals surface area contributed by atoms with Gasteiger partial charge in [-0.3, -0.25) is 4.79 Å². The van der Waals surface area contributed by atoms with Crippen molar-refractivity contribution >= 4 is 21.6 Å². The molecule has 6 heteroatoms. The van der Waals surface area contributed by atoms with Crippen molar-refractivity contribution in [2.75, 3.05) is 18.4 Å². The van der Waals surface area contributed by atoms with Crippen LogP contribution in [-0.2, 0) is 14.8 Å². The molecule has 0 aliphatic carbocycles. The maximum absolute atomic E-state index is 12.6. The van der Waals surface area contributed by atoms with Crippen molar-refractivity contribution < 1.29 is 13.2 Å². The summed E-state index contributed by atoms with van der Waals surface area (Å²) >= 11 is 0. The van der Waals surface area contributed by atoms with Gasteiger partial charge in [-0.15, -0.1) is 0 Å². The van der Waals surface area contributed by atoms with Crippen LogP contribution in [0.25, 0.3) is 0 Å². The minimum Gasteiger partial charge on any atom is -0.326 e. The molecule has 22 heavy (non-hydrogen) atoms. The molecule has 1 N–H and O–H groups in total. The van der Waals surface area contributed by atoms with E-state index in [0.29, 0.717) is 30.1 Å². The molecule has 1 aliphatic rings. The molecule has 1 aromatic rings. The maximum atomic E-state index is 12.6. The smallest absolute Gasteiger partial charge is 0.243 e. The lowest BCUT2D eigenvalue weighted by Crippen LogP contribution is -2.31. The molecule has 1 saturated heterocycles. The number of carbonyl (C=O) groups is 1. The third-order valence-corrected chi connectivity index (χ3v) is 5.73. The van der Waals surface area contributed by atoms with Crippen LogP contribution in [0.2, 0.25) is 0 Å². The first kappa shape index (κ1) is 17.0. The fourth-order valence-electron chi connectivity index (χ4n) is 2.59. The van der Waals surface area contributed by atoms with Crippen LogP contribution in [0.4, 0.5) is 5.69 Å². The summed E-state index contributed by atoms with van der Waals surface area (Å²) in [4.78, 5) is 11.8. The first-order chi connectivity index (χ1) is 10.5. The summed E-state index contributed by atoms with van der Waals surface area (Å²) in [5.74, 6) is -0.0503. The normalized spacial score (nSPS) is 17.0. The number of anilines is 1. The van der Waals surface area contributed by atoms with Gasteiger partial charge in [-0.1, -0.05) is 19.8 Å². The van der Waals surface area contributed by atoms with Crippen molar-refractivity contribution in [3.8, 4) is 0 Å². The predicted octanol–water partition coefficient (Wildman–Crippen LogP) is 2.99. The maximum Gasteiger partial charge on any atom is 0.243 e. The van der Waals surface area contributed by atoms with Crippen molar-refractivity contribution in [3.63, 3.8) is 0 Å². The van der Waals surface area contributed by atoms with E-state index in [-0.39, 0.29) is 5.91 Å². The minimum atomic E-state index is -3.42. The van der Waals surface area contributed by atoms with Gasteiger partial charge in [0.1, 0.15) is 0 Å². The zero-order chi connectivity index (χ0) is 16.0. The third-order valence-electron chi connectivity index (χ3n) is 3.82. The number of hydrogen-bond acceptors (Lipinski definition) is 3. The van der Waals surface area contributed by atoms with Gasteiger partial charge in [0.15, 0.2) is 0 Å². The Morgan fingerprint density at radius 1 is 1.09 bits per heavy atom. The number of hydrogen-bond donors (Lipinski definition) is 1. The first-order valence-electron chi connectivity index (χ1n) is 7.94. The number of rotatable bonds is 5. The highest BCUT2D eigenvalue weighted by Crippen LogP contribution is 2.21. The molecule has 0 radical (unpaired) electrons. The molecule has 1 aliphatic heterocycles. The molecular formula is C16H24N2O3S. The van der Waals surface area contributed by atoms with E-state index in [2.05, 4.69) is 5.32 Å². The molecule has 0 saturated carbocycles. The van der Waals surface area contributed by atoms with Crippen LogP contribution in [0, 0.1) is 0 Å². The van der Waals surface area contributed by atoms with E-state index in [9.17, 15) is 13.2 Å². The summed E-state index contributed by atoms with van der Waals surface area (Å²) in [5, 5.41) is 2.76. The Balaban J connectivity index is 2.09. The summed E-state index contributed by atoms with van der Waals surface area (Å²) in [6.07, 6.45) is 5.28. The molecule has 1 heterocycles. The molecule has 0 aromatic heterocycles. The Morgan fingerprint density at radius 3 is 2.23 bits per heavy atom. The van der Waals surface area contributed by atoms with Crippen LogP contribution >= 0.6 is 0 Å². The van der Waals surface area contributed by atoms with Gasteiger partial charge >= 0.3 is 0 Å².